The molecule has 2 rings (SSSR count). The number of unbranched alkanes of at least 4 members (excludes halogenated alkanes) is 1. The van der Waals surface area contributed by atoms with Crippen LogP contribution in [0, 0.1) is 6.92 Å². The van der Waals surface area contributed by atoms with E-state index < -0.39 is 0 Å². The standard InChI is InChI=1S/C11H15N3/c1-3-4-5-9-6-7-10-11(14-9)13-8(2)12-10/h6-7H,3-5H2,1-2H3,(H,12,13,14). The third-order valence-electron chi connectivity index (χ3n) is 2.31. The van der Waals surface area contributed by atoms with Crippen LogP contribution in [0.25, 0.3) is 11.2 Å². The van der Waals surface area contributed by atoms with E-state index in [1.165, 1.54) is 12.8 Å². The number of hydrogen-bond acceptors (Lipinski definition) is 2. The summed E-state index contributed by atoms with van der Waals surface area (Å²) in [6, 6.07) is 4.14. The molecule has 0 aromatic carbocycles. The molecule has 0 aliphatic heterocycles. The van der Waals surface area contributed by atoms with Gasteiger partial charge in [-0.1, -0.05) is 13.3 Å². The minimum Gasteiger partial charge on any atom is -0.341 e. The van der Waals surface area contributed by atoms with E-state index in [0.717, 1.165) is 29.1 Å². The third kappa shape index (κ3) is 1.76. The van der Waals surface area contributed by atoms with Crippen molar-refractivity contribution in [2.24, 2.45) is 0 Å². The van der Waals surface area contributed by atoms with Gasteiger partial charge in [-0.25, -0.2) is 9.97 Å². The largest absolute Gasteiger partial charge is 0.341 e. The number of imidazole rings is 1. The van der Waals surface area contributed by atoms with Crippen molar-refractivity contribution in [3.8, 4) is 0 Å². The van der Waals surface area contributed by atoms with E-state index in [2.05, 4.69) is 34.0 Å². The Hall–Kier alpha value is -1.38. The second-order valence-corrected chi connectivity index (χ2v) is 3.60. The molecule has 2 aromatic rings. The van der Waals surface area contributed by atoms with Crippen LogP contribution < -0.4 is 0 Å². The lowest BCUT2D eigenvalue weighted by molar-refractivity contribution is 0.779. The molecule has 0 amide bonds. The van der Waals surface area contributed by atoms with E-state index in [0.29, 0.717) is 0 Å². The molecule has 0 aliphatic carbocycles. The topological polar surface area (TPSA) is 41.6 Å². The molecular weight excluding hydrogens is 174 g/mol. The van der Waals surface area contributed by atoms with E-state index in [1.807, 2.05) is 6.92 Å². The van der Waals surface area contributed by atoms with Crippen LogP contribution in [0.1, 0.15) is 31.3 Å². The van der Waals surface area contributed by atoms with Gasteiger partial charge >= 0.3 is 0 Å². The van der Waals surface area contributed by atoms with Gasteiger partial charge in [-0.15, -0.1) is 0 Å². The average Bonchev–Trinajstić information content (AvgIpc) is 2.54. The molecule has 0 atom stereocenters. The number of nitrogens with one attached hydrogen (secondary N) is 1. The predicted octanol–water partition coefficient (Wildman–Crippen LogP) is 2.61. The van der Waals surface area contributed by atoms with Crippen molar-refractivity contribution in [3.05, 3.63) is 23.7 Å². The van der Waals surface area contributed by atoms with Gasteiger partial charge in [0, 0.05) is 5.69 Å². The highest BCUT2D eigenvalue weighted by Gasteiger charge is 2.01. The van der Waals surface area contributed by atoms with E-state index >= 15 is 0 Å². The molecule has 0 spiro atoms. The Bertz CT molecular complexity index is 431. The van der Waals surface area contributed by atoms with Crippen LogP contribution in [0.5, 0.6) is 0 Å². The number of aryl methyl sites for hydroxylation is 2. The van der Waals surface area contributed by atoms with Gasteiger partial charge in [-0.05, 0) is 31.9 Å². The number of fused-ring (bicyclic) bond motifs is 1. The van der Waals surface area contributed by atoms with Gasteiger partial charge in [0.25, 0.3) is 0 Å². The quantitative estimate of drug-likeness (QED) is 0.806. The molecule has 0 bridgehead atoms. The summed E-state index contributed by atoms with van der Waals surface area (Å²) in [5, 5.41) is 0. The number of nitrogens with zero attached hydrogens (tertiary/aromatic N) is 2. The van der Waals surface area contributed by atoms with Crippen molar-refractivity contribution >= 4 is 11.2 Å². The summed E-state index contributed by atoms with van der Waals surface area (Å²) in [7, 11) is 0. The van der Waals surface area contributed by atoms with Gasteiger partial charge in [0.15, 0.2) is 5.65 Å². The molecule has 0 aliphatic rings. The first-order chi connectivity index (χ1) is 6.79. The maximum Gasteiger partial charge on any atom is 0.177 e. The molecule has 74 valence electrons. The summed E-state index contributed by atoms with van der Waals surface area (Å²) >= 11 is 0. The SMILES string of the molecule is CCCCc1ccc2[nH]c(C)nc2n1. The van der Waals surface area contributed by atoms with Crippen molar-refractivity contribution in [1.29, 1.82) is 0 Å². The first-order valence-electron chi connectivity index (χ1n) is 5.12. The average molecular weight is 189 g/mol. The fourth-order valence-corrected chi connectivity index (χ4v) is 1.55. The number of hydrogen-bond donors (Lipinski definition) is 1. The number of pyridine rings is 1. The zero-order valence-corrected chi connectivity index (χ0v) is 8.67. The van der Waals surface area contributed by atoms with Gasteiger partial charge < -0.3 is 4.98 Å². The predicted molar refractivity (Wildman–Crippen MR) is 57.2 cm³/mol. The number of rotatable bonds is 3. The van der Waals surface area contributed by atoms with Crippen molar-refractivity contribution in [3.63, 3.8) is 0 Å². The Balaban J connectivity index is 2.31. The first-order valence-corrected chi connectivity index (χ1v) is 5.12. The van der Waals surface area contributed by atoms with E-state index in [4.69, 9.17) is 0 Å². The maximum atomic E-state index is 4.49. The minimum absolute atomic E-state index is 0.844. The summed E-state index contributed by atoms with van der Waals surface area (Å²) < 4.78 is 0. The van der Waals surface area contributed by atoms with E-state index in [1.54, 1.807) is 0 Å². The van der Waals surface area contributed by atoms with Crippen molar-refractivity contribution < 1.29 is 0 Å². The molecule has 0 unspecified atom stereocenters. The maximum absolute atomic E-state index is 4.49. The molecule has 0 radical (unpaired) electrons. The van der Waals surface area contributed by atoms with Crippen molar-refractivity contribution in [2.75, 3.05) is 0 Å². The molecule has 0 saturated carbocycles. The normalized spacial score (nSPS) is 11.0. The van der Waals surface area contributed by atoms with Gasteiger partial charge in [0.1, 0.15) is 5.82 Å². The first kappa shape index (κ1) is 9.19. The summed E-state index contributed by atoms with van der Waals surface area (Å²) in [6.45, 7) is 4.14. The second-order valence-electron chi connectivity index (χ2n) is 3.60. The molecule has 1 N–H and O–H groups in total. The molecule has 0 fully saturated rings. The molecular formula is C11H15N3. The highest BCUT2D eigenvalue weighted by atomic mass is 15.0. The fourth-order valence-electron chi connectivity index (χ4n) is 1.55. The van der Waals surface area contributed by atoms with Crippen LogP contribution >= 0.6 is 0 Å². The van der Waals surface area contributed by atoms with Crippen LogP contribution in [-0.4, -0.2) is 15.0 Å². The lowest BCUT2D eigenvalue weighted by Crippen LogP contribution is -1.89. The van der Waals surface area contributed by atoms with Crippen LogP contribution in [-0.2, 0) is 6.42 Å². The van der Waals surface area contributed by atoms with Crippen LogP contribution in [0.2, 0.25) is 0 Å². The Morgan fingerprint density at radius 2 is 2.14 bits per heavy atom. The molecule has 0 saturated heterocycles. The Kier molecular flexibility index (Phi) is 2.48. The van der Waals surface area contributed by atoms with Crippen LogP contribution in [0.3, 0.4) is 0 Å². The Morgan fingerprint density at radius 1 is 1.29 bits per heavy atom. The Labute approximate surface area is 83.6 Å². The smallest absolute Gasteiger partial charge is 0.177 e. The molecule has 2 aromatic heterocycles. The van der Waals surface area contributed by atoms with Crippen LogP contribution in [0.15, 0.2) is 12.1 Å². The molecule has 2 heterocycles. The van der Waals surface area contributed by atoms with E-state index in [9.17, 15) is 0 Å². The van der Waals surface area contributed by atoms with Crippen molar-refractivity contribution in [2.45, 2.75) is 33.1 Å². The van der Waals surface area contributed by atoms with Gasteiger partial charge in [-0.2, -0.15) is 0 Å². The number of aromatic amines is 1. The van der Waals surface area contributed by atoms with Gasteiger partial charge in [-0.3, -0.25) is 0 Å². The lowest BCUT2D eigenvalue weighted by Gasteiger charge is -1.97. The molecule has 14 heavy (non-hydrogen) atoms. The third-order valence-corrected chi connectivity index (χ3v) is 2.31. The zero-order valence-electron chi connectivity index (χ0n) is 8.67. The summed E-state index contributed by atoms with van der Waals surface area (Å²) in [6.07, 6.45) is 3.46. The molecule has 3 nitrogen and oxygen atoms in total. The highest BCUT2D eigenvalue weighted by molar-refractivity contribution is 5.70. The van der Waals surface area contributed by atoms with E-state index in [-0.39, 0.29) is 0 Å². The van der Waals surface area contributed by atoms with Gasteiger partial charge in [0.2, 0.25) is 0 Å². The summed E-state index contributed by atoms with van der Waals surface area (Å²) in [5.41, 5.74) is 3.02. The summed E-state index contributed by atoms with van der Waals surface area (Å²) in [4.78, 5) is 12.0. The highest BCUT2D eigenvalue weighted by Crippen LogP contribution is 2.10. The zero-order chi connectivity index (χ0) is 9.97. The molecule has 3 heteroatoms. The summed E-state index contributed by atoms with van der Waals surface area (Å²) in [5.74, 6) is 0.931. The number of H-pyrrole nitrogens is 1. The minimum atomic E-state index is 0.844. The Morgan fingerprint density at radius 3 is 2.93 bits per heavy atom. The van der Waals surface area contributed by atoms with Gasteiger partial charge in [0.05, 0.1) is 5.52 Å². The lowest BCUT2D eigenvalue weighted by atomic mass is 10.2. The van der Waals surface area contributed by atoms with Crippen molar-refractivity contribution in [1.82, 2.24) is 15.0 Å². The second kappa shape index (κ2) is 3.78. The number of aromatic nitrogens is 3. The monoisotopic (exact) mass is 189 g/mol. The fraction of sp³-hybridized carbons (Fsp3) is 0.455. The van der Waals surface area contributed by atoms with Crippen LogP contribution in [0.4, 0.5) is 0 Å².